The van der Waals surface area contributed by atoms with Gasteiger partial charge in [-0.05, 0) is 112 Å². The third-order valence-electron chi connectivity index (χ3n) is 13.9. The van der Waals surface area contributed by atoms with Gasteiger partial charge in [0, 0.05) is 37.2 Å². The fourth-order valence-corrected chi connectivity index (χ4v) is 15.7. The highest BCUT2D eigenvalue weighted by Crippen LogP contribution is 2.56. The standard InChI is InChI=1S/C57H39NSSi/c1-60(2)53-24-10-9-22-49(53)57(48-21-8-7-19-44(48)46-20-11-16-38-17-12-23-51(57)55(38)46)50-32-29-42(35-54(50)60)58(40-27-25-36-13-3-4-15-39(36)33-40)41-28-31-45-47-30-26-37-14-5-6-18-43(37)56(47)59-52(45)34-41/h3-35H,1-2H3. The fraction of sp³-hybridized carbons (Fsp3) is 0.0526. The molecule has 1 aromatic heterocycles. The number of anilines is 3. The van der Waals surface area contributed by atoms with Gasteiger partial charge in [0.25, 0.3) is 0 Å². The summed E-state index contributed by atoms with van der Waals surface area (Å²) >= 11 is 1.91. The molecule has 0 radical (unpaired) electrons. The van der Waals surface area contributed by atoms with Crippen LogP contribution < -0.4 is 15.3 Å². The van der Waals surface area contributed by atoms with Crippen LogP contribution in [0.5, 0.6) is 0 Å². The van der Waals surface area contributed by atoms with Gasteiger partial charge < -0.3 is 4.90 Å². The van der Waals surface area contributed by atoms with Crippen molar-refractivity contribution in [3.63, 3.8) is 0 Å². The summed E-state index contributed by atoms with van der Waals surface area (Å²) in [5, 5.41) is 13.4. The molecule has 282 valence electrons. The normalized spacial score (nSPS) is 16.0. The van der Waals surface area contributed by atoms with Crippen molar-refractivity contribution in [1.29, 1.82) is 0 Å². The van der Waals surface area contributed by atoms with Crippen LogP contribution in [-0.4, -0.2) is 8.07 Å². The second-order valence-electron chi connectivity index (χ2n) is 17.2. The van der Waals surface area contributed by atoms with E-state index in [1.165, 1.54) is 108 Å². The average Bonchev–Trinajstić information content (AvgIpc) is 3.68. The van der Waals surface area contributed by atoms with Gasteiger partial charge in [0.1, 0.15) is 8.07 Å². The Bertz CT molecular complexity index is 3610. The molecule has 0 N–H and O–H groups in total. The quantitative estimate of drug-likeness (QED) is 0.161. The number of hydrogen-bond donors (Lipinski definition) is 0. The predicted molar refractivity (Wildman–Crippen MR) is 261 cm³/mol. The molecule has 1 aliphatic carbocycles. The van der Waals surface area contributed by atoms with Gasteiger partial charge in [-0.25, -0.2) is 0 Å². The van der Waals surface area contributed by atoms with Gasteiger partial charge in [-0.2, -0.15) is 0 Å². The van der Waals surface area contributed by atoms with Crippen LogP contribution in [0.25, 0.3) is 63.6 Å². The molecular formula is C57H39NSSi. The van der Waals surface area contributed by atoms with E-state index in [0.29, 0.717) is 0 Å². The molecular weight excluding hydrogens is 759 g/mol. The Morgan fingerprint density at radius 2 is 1.00 bits per heavy atom. The van der Waals surface area contributed by atoms with Crippen LogP contribution in [0, 0.1) is 0 Å². The smallest absolute Gasteiger partial charge is 0.113 e. The SMILES string of the molecule is C[Si]1(C)c2ccccc2C2(c3ccccc3-c3cccc4cccc2c34)c2ccc(N(c3ccc4ccccc4c3)c3ccc4c(c3)sc3c5ccccc5ccc43)cc21. The number of fused-ring (bicyclic) bond motifs is 14. The third kappa shape index (κ3) is 4.51. The lowest BCUT2D eigenvalue weighted by atomic mass is 9.59. The lowest BCUT2D eigenvalue weighted by Crippen LogP contribution is -2.63. The van der Waals surface area contributed by atoms with E-state index in [9.17, 15) is 0 Å². The van der Waals surface area contributed by atoms with E-state index in [-0.39, 0.29) is 0 Å². The Balaban J connectivity index is 1.10. The molecule has 0 amide bonds. The summed E-state index contributed by atoms with van der Waals surface area (Å²) in [6.45, 7) is 5.14. The van der Waals surface area contributed by atoms with Gasteiger partial charge in [-0.3, -0.25) is 0 Å². The fourth-order valence-electron chi connectivity index (χ4n) is 11.2. The number of thiophene rings is 1. The monoisotopic (exact) mass is 797 g/mol. The van der Waals surface area contributed by atoms with E-state index in [1.54, 1.807) is 0 Å². The lowest BCUT2D eigenvalue weighted by Gasteiger charge is -2.50. The van der Waals surface area contributed by atoms with Gasteiger partial charge in [0.15, 0.2) is 0 Å². The Hall–Kier alpha value is -6.78. The molecule has 2 heterocycles. The van der Waals surface area contributed by atoms with E-state index in [0.717, 1.165) is 5.69 Å². The minimum atomic E-state index is -2.28. The minimum Gasteiger partial charge on any atom is -0.310 e. The van der Waals surface area contributed by atoms with Crippen molar-refractivity contribution in [2.75, 3.05) is 4.90 Å². The molecule has 1 nitrogen and oxygen atoms in total. The molecule has 10 aromatic carbocycles. The number of rotatable bonds is 3. The summed E-state index contributed by atoms with van der Waals surface area (Å²) in [5.41, 5.74) is 11.3. The average molecular weight is 798 g/mol. The van der Waals surface area contributed by atoms with E-state index >= 15 is 0 Å². The highest BCUT2D eigenvalue weighted by molar-refractivity contribution is 7.26. The van der Waals surface area contributed by atoms with Crippen LogP contribution in [0.15, 0.2) is 200 Å². The molecule has 0 saturated carbocycles. The Kier molecular flexibility index (Phi) is 7.04. The van der Waals surface area contributed by atoms with Gasteiger partial charge in [-0.1, -0.05) is 177 Å². The largest absolute Gasteiger partial charge is 0.310 e. The molecule has 1 spiro atoms. The summed E-state index contributed by atoms with van der Waals surface area (Å²) in [7, 11) is -2.28. The highest BCUT2D eigenvalue weighted by Gasteiger charge is 2.52. The van der Waals surface area contributed by atoms with Gasteiger partial charge >= 0.3 is 0 Å². The lowest BCUT2D eigenvalue weighted by molar-refractivity contribution is 0.754. The molecule has 60 heavy (non-hydrogen) atoms. The molecule has 11 aromatic rings. The molecule has 13 rings (SSSR count). The van der Waals surface area contributed by atoms with Crippen molar-refractivity contribution < 1.29 is 0 Å². The van der Waals surface area contributed by atoms with E-state index in [2.05, 4.69) is 218 Å². The topological polar surface area (TPSA) is 3.24 Å². The van der Waals surface area contributed by atoms with Gasteiger partial charge in [-0.15, -0.1) is 11.3 Å². The number of nitrogens with zero attached hydrogens (tertiary/aromatic N) is 1. The van der Waals surface area contributed by atoms with E-state index < -0.39 is 13.5 Å². The van der Waals surface area contributed by atoms with Crippen molar-refractivity contribution in [2.24, 2.45) is 0 Å². The second kappa shape index (κ2) is 12.4. The van der Waals surface area contributed by atoms with Crippen molar-refractivity contribution in [3.8, 4) is 11.1 Å². The zero-order chi connectivity index (χ0) is 39.7. The van der Waals surface area contributed by atoms with Crippen molar-refractivity contribution in [1.82, 2.24) is 0 Å². The maximum Gasteiger partial charge on any atom is 0.113 e. The summed E-state index contributed by atoms with van der Waals surface area (Å²) in [4.78, 5) is 2.51. The molecule has 0 saturated heterocycles. The van der Waals surface area contributed by atoms with Crippen LogP contribution in [0.2, 0.25) is 13.1 Å². The summed E-state index contributed by atoms with van der Waals surface area (Å²) < 4.78 is 2.66. The molecule has 1 atom stereocenters. The first-order valence-corrected chi connectivity index (χ1v) is 24.8. The van der Waals surface area contributed by atoms with Crippen molar-refractivity contribution >= 4 is 99.3 Å². The van der Waals surface area contributed by atoms with Crippen LogP contribution in [0.3, 0.4) is 0 Å². The molecule has 2 aliphatic rings. The molecule has 0 fully saturated rings. The molecule has 3 heteroatoms. The molecule has 0 bridgehead atoms. The highest BCUT2D eigenvalue weighted by atomic mass is 32.1. The van der Waals surface area contributed by atoms with Gasteiger partial charge in [0.05, 0.1) is 5.41 Å². The summed E-state index contributed by atoms with van der Waals surface area (Å²) in [6, 6.07) is 76.1. The first-order chi connectivity index (χ1) is 29.5. The maximum absolute atomic E-state index is 2.58. The Morgan fingerprint density at radius 1 is 0.400 bits per heavy atom. The van der Waals surface area contributed by atoms with Crippen molar-refractivity contribution in [3.05, 3.63) is 222 Å². The molecule has 1 aliphatic heterocycles. The zero-order valence-corrected chi connectivity index (χ0v) is 35.2. The third-order valence-corrected chi connectivity index (χ3v) is 18.6. The van der Waals surface area contributed by atoms with E-state index in [4.69, 9.17) is 0 Å². The first kappa shape index (κ1) is 34.1. The Morgan fingerprint density at radius 3 is 1.90 bits per heavy atom. The number of hydrogen-bond acceptors (Lipinski definition) is 2. The zero-order valence-electron chi connectivity index (χ0n) is 33.4. The summed E-state index contributed by atoms with van der Waals surface area (Å²) in [6.07, 6.45) is 0. The van der Waals surface area contributed by atoms with Crippen molar-refractivity contribution in [2.45, 2.75) is 18.5 Å². The Labute approximate surface area is 354 Å². The predicted octanol–water partition coefficient (Wildman–Crippen LogP) is 14.5. The minimum absolute atomic E-state index is 0.468. The van der Waals surface area contributed by atoms with Crippen LogP contribution >= 0.6 is 11.3 Å². The second-order valence-corrected chi connectivity index (χ2v) is 22.6. The maximum atomic E-state index is 2.58. The van der Waals surface area contributed by atoms with Crippen LogP contribution in [0.1, 0.15) is 22.3 Å². The van der Waals surface area contributed by atoms with Crippen LogP contribution in [0.4, 0.5) is 17.1 Å². The number of benzene rings is 10. The summed E-state index contributed by atoms with van der Waals surface area (Å²) in [5.74, 6) is 0. The van der Waals surface area contributed by atoms with Crippen LogP contribution in [-0.2, 0) is 5.41 Å². The molecule has 1 unspecified atom stereocenters. The first-order valence-electron chi connectivity index (χ1n) is 21.0. The van der Waals surface area contributed by atoms with E-state index in [1.807, 2.05) is 11.3 Å². The van der Waals surface area contributed by atoms with Gasteiger partial charge in [0.2, 0.25) is 0 Å².